The zero-order chi connectivity index (χ0) is 20.3. The van der Waals surface area contributed by atoms with Crippen molar-refractivity contribution in [2.75, 3.05) is 13.1 Å². The highest BCUT2D eigenvalue weighted by molar-refractivity contribution is 5.93. The van der Waals surface area contributed by atoms with Crippen molar-refractivity contribution in [1.29, 1.82) is 0 Å². The van der Waals surface area contributed by atoms with Crippen LogP contribution in [0.4, 0.5) is 8.78 Å². The van der Waals surface area contributed by atoms with Crippen LogP contribution in [0, 0.1) is 17.6 Å². The molecule has 1 aromatic heterocycles. The van der Waals surface area contributed by atoms with Crippen molar-refractivity contribution >= 4 is 5.91 Å². The van der Waals surface area contributed by atoms with Crippen molar-refractivity contribution in [3.05, 3.63) is 63.3 Å². The summed E-state index contributed by atoms with van der Waals surface area (Å²) < 4.78 is 26.8. The fourth-order valence-corrected chi connectivity index (χ4v) is 3.59. The first-order valence-electron chi connectivity index (χ1n) is 9.67. The second-order valence-corrected chi connectivity index (χ2v) is 7.70. The number of rotatable bonds is 5. The number of aromatic amines is 1. The summed E-state index contributed by atoms with van der Waals surface area (Å²) in [5, 5.41) is 0. The van der Waals surface area contributed by atoms with E-state index in [1.807, 2.05) is 13.8 Å². The van der Waals surface area contributed by atoms with Crippen molar-refractivity contribution in [1.82, 2.24) is 14.9 Å². The molecule has 1 amide bonds. The predicted octanol–water partition coefficient (Wildman–Crippen LogP) is 3.66. The number of likely N-dealkylation sites (tertiary alicyclic amines) is 1. The molecule has 0 aliphatic carbocycles. The molecule has 1 aliphatic heterocycles. The van der Waals surface area contributed by atoms with Crippen molar-refractivity contribution in [3.63, 3.8) is 0 Å². The van der Waals surface area contributed by atoms with Gasteiger partial charge in [0.2, 0.25) is 0 Å². The van der Waals surface area contributed by atoms with Gasteiger partial charge in [-0.25, -0.2) is 13.8 Å². The van der Waals surface area contributed by atoms with Gasteiger partial charge in [0.1, 0.15) is 23.0 Å². The van der Waals surface area contributed by atoms with E-state index in [1.165, 1.54) is 18.3 Å². The number of H-pyrrole nitrogens is 1. The molecule has 1 fully saturated rings. The average Bonchev–Trinajstić information content (AvgIpc) is 2.67. The highest BCUT2D eigenvalue weighted by Gasteiger charge is 2.26. The number of carbonyl (C=O) groups excluding carboxylic acids is 1. The largest absolute Gasteiger partial charge is 0.338 e. The monoisotopic (exact) mass is 389 g/mol. The molecule has 0 spiro atoms. The second kappa shape index (κ2) is 8.63. The fraction of sp³-hybridized carbons (Fsp3) is 0.476. The molecule has 1 atom stereocenters. The Hall–Kier alpha value is -2.57. The molecule has 150 valence electrons. The van der Waals surface area contributed by atoms with E-state index in [9.17, 15) is 18.4 Å². The van der Waals surface area contributed by atoms with Gasteiger partial charge >= 0.3 is 0 Å². The van der Waals surface area contributed by atoms with E-state index in [0.717, 1.165) is 18.9 Å². The van der Waals surface area contributed by atoms with E-state index in [-0.39, 0.29) is 23.3 Å². The number of halogens is 2. The molecule has 7 heteroatoms. The molecule has 0 unspecified atom stereocenters. The number of benzene rings is 1. The van der Waals surface area contributed by atoms with Gasteiger partial charge in [-0.3, -0.25) is 9.59 Å². The Bertz CT molecular complexity index is 911. The van der Waals surface area contributed by atoms with E-state index in [0.29, 0.717) is 37.3 Å². The highest BCUT2D eigenvalue weighted by Crippen LogP contribution is 2.23. The first-order valence-corrected chi connectivity index (χ1v) is 9.67. The van der Waals surface area contributed by atoms with Crippen LogP contribution in [0.1, 0.15) is 60.8 Å². The Kier molecular flexibility index (Phi) is 6.21. The lowest BCUT2D eigenvalue weighted by atomic mass is 9.91. The van der Waals surface area contributed by atoms with Crippen LogP contribution in [0.3, 0.4) is 0 Å². The van der Waals surface area contributed by atoms with E-state index < -0.39 is 17.2 Å². The van der Waals surface area contributed by atoms with Crippen LogP contribution in [0.15, 0.2) is 29.2 Å². The van der Waals surface area contributed by atoms with E-state index in [1.54, 1.807) is 4.90 Å². The minimum Gasteiger partial charge on any atom is -0.338 e. The maximum absolute atomic E-state index is 13.8. The van der Waals surface area contributed by atoms with Gasteiger partial charge in [-0.1, -0.05) is 19.9 Å². The molecule has 2 heterocycles. The third kappa shape index (κ3) is 4.64. The molecule has 28 heavy (non-hydrogen) atoms. The quantitative estimate of drug-likeness (QED) is 0.849. The fourth-order valence-electron chi connectivity index (χ4n) is 3.59. The Morgan fingerprint density at radius 3 is 2.82 bits per heavy atom. The lowest BCUT2D eigenvalue weighted by Crippen LogP contribution is -2.42. The molecule has 1 aromatic carbocycles. The number of hydrogen-bond donors (Lipinski definition) is 1. The summed E-state index contributed by atoms with van der Waals surface area (Å²) in [5.74, 6) is -0.599. The number of nitrogens with one attached hydrogen (secondary N) is 1. The van der Waals surface area contributed by atoms with E-state index >= 15 is 0 Å². The number of carbonyl (C=O) groups is 1. The van der Waals surface area contributed by atoms with Gasteiger partial charge in [0, 0.05) is 31.3 Å². The number of aryl methyl sites for hydroxylation is 1. The molecular formula is C21H25F2N3O2. The Morgan fingerprint density at radius 1 is 1.36 bits per heavy atom. The predicted molar refractivity (Wildman–Crippen MR) is 102 cm³/mol. The van der Waals surface area contributed by atoms with Crippen LogP contribution in [-0.2, 0) is 6.42 Å². The first kappa shape index (κ1) is 20.2. The van der Waals surface area contributed by atoms with E-state index in [4.69, 9.17) is 0 Å². The summed E-state index contributed by atoms with van der Waals surface area (Å²) in [5.41, 5.74) is 0.114. The smallest absolute Gasteiger partial charge is 0.263 e. The molecule has 3 rings (SSSR count). The number of hydrogen-bond acceptors (Lipinski definition) is 3. The normalized spacial score (nSPS) is 17.2. The van der Waals surface area contributed by atoms with Gasteiger partial charge in [0.15, 0.2) is 0 Å². The minimum atomic E-state index is -0.585. The molecule has 0 saturated carbocycles. The Morgan fingerprint density at radius 2 is 2.14 bits per heavy atom. The van der Waals surface area contributed by atoms with Crippen LogP contribution in [0.5, 0.6) is 0 Å². The lowest BCUT2D eigenvalue weighted by molar-refractivity contribution is 0.0665. The molecule has 1 N–H and O–H groups in total. The maximum Gasteiger partial charge on any atom is 0.263 e. The summed E-state index contributed by atoms with van der Waals surface area (Å²) in [7, 11) is 0. The molecule has 1 aliphatic rings. The summed E-state index contributed by atoms with van der Waals surface area (Å²) in [6, 6.07) is 3.62. The average molecular weight is 389 g/mol. The van der Waals surface area contributed by atoms with Gasteiger partial charge in [-0.05, 0) is 43.2 Å². The summed E-state index contributed by atoms with van der Waals surface area (Å²) in [6.07, 6.45) is 4.32. The zero-order valence-corrected chi connectivity index (χ0v) is 16.2. The van der Waals surface area contributed by atoms with Crippen molar-refractivity contribution in [2.45, 2.75) is 45.4 Å². The Labute approximate surface area is 162 Å². The minimum absolute atomic E-state index is 0.0506. The van der Waals surface area contributed by atoms with Gasteiger partial charge in [-0.2, -0.15) is 0 Å². The lowest BCUT2D eigenvalue weighted by Gasteiger charge is -2.32. The van der Waals surface area contributed by atoms with Crippen molar-refractivity contribution in [2.24, 2.45) is 5.92 Å². The van der Waals surface area contributed by atoms with Crippen LogP contribution in [-0.4, -0.2) is 33.9 Å². The Balaban J connectivity index is 1.64. The summed E-state index contributed by atoms with van der Waals surface area (Å²) in [6.45, 7) is 4.94. The van der Waals surface area contributed by atoms with Crippen LogP contribution >= 0.6 is 0 Å². The SMILES string of the molecule is CC(C)c1ncc(C(=O)N2CCC[C@H](CCc3ccc(F)cc3F)C2)c(=O)[nH]1. The third-order valence-corrected chi connectivity index (χ3v) is 5.24. The zero-order valence-electron chi connectivity index (χ0n) is 16.2. The number of aromatic nitrogens is 2. The molecule has 0 radical (unpaired) electrons. The van der Waals surface area contributed by atoms with Crippen LogP contribution < -0.4 is 5.56 Å². The van der Waals surface area contributed by atoms with Gasteiger partial charge in [-0.15, -0.1) is 0 Å². The molecule has 1 saturated heterocycles. The van der Waals surface area contributed by atoms with Crippen molar-refractivity contribution < 1.29 is 13.6 Å². The first-order chi connectivity index (χ1) is 13.3. The summed E-state index contributed by atoms with van der Waals surface area (Å²) >= 11 is 0. The molecule has 0 bridgehead atoms. The van der Waals surface area contributed by atoms with Gasteiger partial charge in [0.25, 0.3) is 11.5 Å². The number of amides is 1. The van der Waals surface area contributed by atoms with Crippen LogP contribution in [0.2, 0.25) is 0 Å². The van der Waals surface area contributed by atoms with Gasteiger partial charge in [0.05, 0.1) is 0 Å². The topological polar surface area (TPSA) is 66.1 Å². The van der Waals surface area contributed by atoms with Crippen molar-refractivity contribution in [3.8, 4) is 0 Å². The van der Waals surface area contributed by atoms with Gasteiger partial charge < -0.3 is 9.88 Å². The molecule has 5 nitrogen and oxygen atoms in total. The number of piperidine rings is 1. The second-order valence-electron chi connectivity index (χ2n) is 7.70. The third-order valence-electron chi connectivity index (χ3n) is 5.24. The maximum atomic E-state index is 13.8. The van der Waals surface area contributed by atoms with Crippen LogP contribution in [0.25, 0.3) is 0 Å². The standard InChI is InChI=1S/C21H25F2N3O2/c1-13(2)19-24-11-17(20(27)25-19)21(28)26-9-3-4-14(12-26)5-6-15-7-8-16(22)10-18(15)23/h7-8,10-11,13-14H,3-6,9,12H2,1-2H3,(H,24,25,27)/t14-/m1/s1. The number of nitrogens with zero attached hydrogens (tertiary/aromatic N) is 2. The molecule has 2 aromatic rings. The molecular weight excluding hydrogens is 364 g/mol. The highest BCUT2D eigenvalue weighted by atomic mass is 19.1. The summed E-state index contributed by atoms with van der Waals surface area (Å²) in [4.78, 5) is 33.6. The van der Waals surface area contributed by atoms with E-state index in [2.05, 4.69) is 9.97 Å².